The van der Waals surface area contributed by atoms with E-state index in [-0.39, 0.29) is 12.0 Å². The lowest BCUT2D eigenvalue weighted by atomic mass is 9.74. The van der Waals surface area contributed by atoms with Gasteiger partial charge in [0.15, 0.2) is 0 Å². The van der Waals surface area contributed by atoms with Crippen LogP contribution in [0.1, 0.15) is 49.3 Å². The topological polar surface area (TPSA) is 65.8 Å². The van der Waals surface area contributed by atoms with Gasteiger partial charge in [0, 0.05) is 28.6 Å². The van der Waals surface area contributed by atoms with Crippen molar-refractivity contribution in [2.45, 2.75) is 50.0 Å². The molecular weight excluding hydrogens is 492 g/mol. The molecule has 1 fully saturated rings. The number of methoxy groups -OCH3 is 1. The largest absolute Gasteiger partial charge is 0.497 e. The Bertz CT molecular complexity index is 1150. The molecule has 0 aliphatic carbocycles. The van der Waals surface area contributed by atoms with Crippen LogP contribution in [-0.4, -0.2) is 59.2 Å². The summed E-state index contributed by atoms with van der Waals surface area (Å²) in [5.41, 5.74) is 2.66. The maximum absolute atomic E-state index is 11.2. The molecule has 1 atom stereocenters. The Balaban J connectivity index is 1.30. The van der Waals surface area contributed by atoms with Gasteiger partial charge in [0.2, 0.25) is 0 Å². The molecule has 1 aliphatic rings. The molecule has 7 heteroatoms. The molecule has 0 spiro atoms. The molecule has 0 saturated carbocycles. The first-order valence-electron chi connectivity index (χ1n) is 12.8. The molecule has 1 aromatic heterocycles. The van der Waals surface area contributed by atoms with E-state index in [0.717, 1.165) is 62.0 Å². The Morgan fingerprint density at radius 3 is 2.69 bits per heavy atom. The molecule has 0 bridgehead atoms. The first kappa shape index (κ1) is 27.2. The number of thioether (sulfide) groups is 1. The summed E-state index contributed by atoms with van der Waals surface area (Å²) in [5.74, 6) is 1.82. The van der Waals surface area contributed by atoms with Crippen molar-refractivity contribution < 1.29 is 14.9 Å². The number of nitrogens with zero attached hydrogens (tertiary/aromatic N) is 2. The Morgan fingerprint density at radius 1 is 1.19 bits per heavy atom. The van der Waals surface area contributed by atoms with E-state index in [9.17, 15) is 10.2 Å². The first-order chi connectivity index (χ1) is 17.4. The number of fused-ring (bicyclic) bond motifs is 1. The van der Waals surface area contributed by atoms with Crippen LogP contribution in [0.15, 0.2) is 53.6 Å². The lowest BCUT2D eigenvalue weighted by Gasteiger charge is -2.41. The highest BCUT2D eigenvalue weighted by atomic mass is 35.5. The van der Waals surface area contributed by atoms with Gasteiger partial charge in [0.05, 0.1) is 23.8 Å². The Labute approximate surface area is 223 Å². The number of hydrogen-bond donors (Lipinski definition) is 2. The fourth-order valence-corrected chi connectivity index (χ4v) is 6.39. The zero-order valence-corrected chi connectivity index (χ0v) is 22.8. The number of hydrogen-bond acceptors (Lipinski definition) is 6. The Morgan fingerprint density at radius 2 is 1.97 bits per heavy atom. The van der Waals surface area contributed by atoms with Crippen LogP contribution >= 0.6 is 23.4 Å². The fourth-order valence-electron chi connectivity index (χ4n) is 5.15. The van der Waals surface area contributed by atoms with Gasteiger partial charge in [-0.2, -0.15) is 0 Å². The van der Waals surface area contributed by atoms with E-state index in [2.05, 4.69) is 41.1 Å². The third kappa shape index (κ3) is 6.53. The predicted octanol–water partition coefficient (Wildman–Crippen LogP) is 6.28. The zero-order valence-electron chi connectivity index (χ0n) is 21.3. The van der Waals surface area contributed by atoms with Crippen molar-refractivity contribution in [3.63, 3.8) is 0 Å². The second kappa shape index (κ2) is 12.6. The number of piperidine rings is 1. The van der Waals surface area contributed by atoms with Gasteiger partial charge in [-0.25, -0.2) is 0 Å². The highest BCUT2D eigenvalue weighted by Gasteiger charge is 2.34. The van der Waals surface area contributed by atoms with Crippen LogP contribution in [-0.2, 0) is 0 Å². The summed E-state index contributed by atoms with van der Waals surface area (Å²) < 4.78 is 5.37. The van der Waals surface area contributed by atoms with E-state index < -0.39 is 6.10 Å². The second-order valence-electron chi connectivity index (χ2n) is 9.92. The molecule has 5 nitrogen and oxygen atoms in total. The van der Waals surface area contributed by atoms with E-state index in [1.807, 2.05) is 30.0 Å². The van der Waals surface area contributed by atoms with Gasteiger partial charge < -0.3 is 19.8 Å². The monoisotopic (exact) mass is 528 g/mol. The molecule has 36 heavy (non-hydrogen) atoms. The highest BCUT2D eigenvalue weighted by Crippen LogP contribution is 2.40. The second-order valence-corrected chi connectivity index (χ2v) is 11.5. The fraction of sp³-hybridized carbons (Fsp3) is 0.483. The van der Waals surface area contributed by atoms with Crippen LogP contribution in [0.4, 0.5) is 0 Å². The summed E-state index contributed by atoms with van der Waals surface area (Å²) in [6, 6.07) is 14.2. The summed E-state index contributed by atoms with van der Waals surface area (Å²) in [6.07, 6.45) is 5.22. The number of aliphatic hydroxyl groups is 2. The number of pyridine rings is 1. The molecule has 2 aromatic carbocycles. The quantitative estimate of drug-likeness (QED) is 0.226. The third-order valence-electron chi connectivity index (χ3n) is 7.57. The summed E-state index contributed by atoms with van der Waals surface area (Å²) in [7, 11) is 1.62. The van der Waals surface area contributed by atoms with Crippen molar-refractivity contribution in [3.05, 3.63) is 64.8 Å². The molecule has 0 radical (unpaired) electrons. The number of halogens is 1. The summed E-state index contributed by atoms with van der Waals surface area (Å²) in [4.78, 5) is 8.28. The third-order valence-corrected chi connectivity index (χ3v) is 9.13. The lowest BCUT2D eigenvalue weighted by molar-refractivity contribution is 0.0238. The molecule has 0 amide bonds. The van der Waals surface area contributed by atoms with Gasteiger partial charge in [-0.1, -0.05) is 29.8 Å². The molecule has 2 heterocycles. The lowest BCUT2D eigenvalue weighted by Crippen LogP contribution is -2.42. The standard InChI is InChI=1S/C29H37ClN2O3S/c1-21-6-3-4-7-27(21)36-17-5-14-32-15-12-29(20-33,13-16-32)11-10-26(34)28-23-18-22(35-2)8-9-25(23)31-19-24(28)30/h3-4,6-9,18-19,26,33-34H,5,10-17,20H2,1-2H3/t26-/m0/s1. The minimum absolute atomic E-state index is 0.148. The minimum atomic E-state index is -0.727. The smallest absolute Gasteiger partial charge is 0.119 e. The van der Waals surface area contributed by atoms with E-state index in [0.29, 0.717) is 22.8 Å². The van der Waals surface area contributed by atoms with Crippen LogP contribution in [0.25, 0.3) is 10.9 Å². The van der Waals surface area contributed by atoms with Gasteiger partial charge in [-0.3, -0.25) is 4.98 Å². The SMILES string of the molecule is COc1ccc2ncc(Cl)c([C@@H](O)CCC3(CO)CCN(CCCSc4ccccc4C)CC3)c2c1. The van der Waals surface area contributed by atoms with Gasteiger partial charge in [0.25, 0.3) is 0 Å². The molecular formula is C29H37ClN2O3S. The van der Waals surface area contributed by atoms with E-state index in [1.54, 1.807) is 13.3 Å². The minimum Gasteiger partial charge on any atom is -0.497 e. The summed E-state index contributed by atoms with van der Waals surface area (Å²) >= 11 is 8.43. The predicted molar refractivity (Wildman–Crippen MR) is 149 cm³/mol. The molecule has 1 saturated heterocycles. The van der Waals surface area contributed by atoms with Crippen molar-refractivity contribution in [2.75, 3.05) is 39.1 Å². The number of benzene rings is 2. The molecule has 194 valence electrons. The molecule has 0 unspecified atom stereocenters. The van der Waals surface area contributed by atoms with Gasteiger partial charge >= 0.3 is 0 Å². The number of rotatable bonds is 11. The molecule has 2 N–H and O–H groups in total. The van der Waals surface area contributed by atoms with Crippen LogP contribution in [0.5, 0.6) is 5.75 Å². The van der Waals surface area contributed by atoms with E-state index in [1.165, 1.54) is 10.5 Å². The highest BCUT2D eigenvalue weighted by molar-refractivity contribution is 7.99. The van der Waals surface area contributed by atoms with Crippen molar-refractivity contribution in [1.82, 2.24) is 9.88 Å². The van der Waals surface area contributed by atoms with Crippen LogP contribution in [0.3, 0.4) is 0 Å². The molecule has 3 aromatic rings. The van der Waals surface area contributed by atoms with Crippen LogP contribution in [0, 0.1) is 12.3 Å². The number of aryl methyl sites for hydroxylation is 1. The normalized spacial score (nSPS) is 16.8. The number of aliphatic hydroxyl groups excluding tert-OH is 2. The van der Waals surface area contributed by atoms with E-state index in [4.69, 9.17) is 16.3 Å². The Hall–Kier alpha value is -1.83. The molecule has 1 aliphatic heterocycles. The maximum Gasteiger partial charge on any atom is 0.119 e. The zero-order chi connectivity index (χ0) is 25.5. The first-order valence-corrected chi connectivity index (χ1v) is 14.1. The van der Waals surface area contributed by atoms with Gasteiger partial charge in [-0.15, -0.1) is 11.8 Å². The maximum atomic E-state index is 11.2. The van der Waals surface area contributed by atoms with Crippen molar-refractivity contribution >= 4 is 34.3 Å². The number of aromatic nitrogens is 1. The van der Waals surface area contributed by atoms with Crippen LogP contribution < -0.4 is 4.74 Å². The number of likely N-dealkylation sites (tertiary alicyclic amines) is 1. The van der Waals surface area contributed by atoms with E-state index >= 15 is 0 Å². The average molecular weight is 529 g/mol. The average Bonchev–Trinajstić information content (AvgIpc) is 2.91. The molecule has 4 rings (SSSR count). The summed E-state index contributed by atoms with van der Waals surface area (Å²) in [5, 5.41) is 22.7. The van der Waals surface area contributed by atoms with Crippen LogP contribution in [0.2, 0.25) is 5.02 Å². The number of ether oxygens (including phenoxy) is 1. The Kier molecular flexibility index (Phi) is 9.53. The van der Waals surface area contributed by atoms with Crippen molar-refractivity contribution in [2.24, 2.45) is 5.41 Å². The summed E-state index contributed by atoms with van der Waals surface area (Å²) in [6.45, 7) is 5.38. The van der Waals surface area contributed by atoms with Crippen molar-refractivity contribution in [1.29, 1.82) is 0 Å². The van der Waals surface area contributed by atoms with Gasteiger partial charge in [0.1, 0.15) is 5.75 Å². The van der Waals surface area contributed by atoms with Crippen molar-refractivity contribution in [3.8, 4) is 5.75 Å². The van der Waals surface area contributed by atoms with Gasteiger partial charge in [-0.05, 0) is 99.7 Å².